The van der Waals surface area contributed by atoms with Gasteiger partial charge in [0.2, 0.25) is 5.91 Å². The molecular formula is C32H31F5N6O. The summed E-state index contributed by atoms with van der Waals surface area (Å²) in [6.07, 6.45) is 2.81. The van der Waals surface area contributed by atoms with E-state index in [0.717, 1.165) is 48.1 Å². The van der Waals surface area contributed by atoms with Crippen molar-refractivity contribution in [2.45, 2.75) is 63.7 Å². The van der Waals surface area contributed by atoms with Crippen molar-refractivity contribution in [1.82, 2.24) is 25.1 Å². The maximum absolute atomic E-state index is 14.1. The molecule has 1 N–H and O–H groups in total. The Bertz CT molecular complexity index is 1630. The summed E-state index contributed by atoms with van der Waals surface area (Å²) in [6.45, 7) is 1.43. The van der Waals surface area contributed by atoms with Crippen LogP contribution in [0.4, 0.5) is 27.8 Å². The molecule has 1 amide bonds. The van der Waals surface area contributed by atoms with E-state index in [-0.39, 0.29) is 24.0 Å². The topological polar surface area (TPSA) is 75.9 Å². The number of rotatable bonds is 8. The van der Waals surface area contributed by atoms with Gasteiger partial charge in [0.25, 0.3) is 0 Å². The molecule has 44 heavy (non-hydrogen) atoms. The Morgan fingerprint density at radius 3 is 2.41 bits per heavy atom. The average molecular weight is 611 g/mol. The highest BCUT2D eigenvalue weighted by molar-refractivity contribution is 5.77. The van der Waals surface area contributed by atoms with Crippen molar-refractivity contribution < 1.29 is 26.7 Å². The van der Waals surface area contributed by atoms with Gasteiger partial charge in [0.1, 0.15) is 24.0 Å². The Labute approximate surface area is 251 Å². The number of hydrogen-bond donors (Lipinski definition) is 1. The summed E-state index contributed by atoms with van der Waals surface area (Å²) < 4.78 is 70.6. The molecule has 4 heterocycles. The second-order valence-corrected chi connectivity index (χ2v) is 11.3. The molecule has 2 aliphatic rings. The summed E-state index contributed by atoms with van der Waals surface area (Å²) in [6, 6.07) is 9.64. The minimum absolute atomic E-state index is 0.0191. The van der Waals surface area contributed by atoms with E-state index in [1.54, 1.807) is 18.5 Å². The fourth-order valence-electron chi connectivity index (χ4n) is 6.20. The van der Waals surface area contributed by atoms with Crippen LogP contribution in [0.25, 0.3) is 11.1 Å². The van der Waals surface area contributed by atoms with Crippen LogP contribution in [0.15, 0.2) is 54.9 Å². The largest absolute Gasteiger partial charge is 0.435 e. The van der Waals surface area contributed by atoms with Crippen molar-refractivity contribution in [2.24, 2.45) is 0 Å². The summed E-state index contributed by atoms with van der Waals surface area (Å²) in [5.74, 6) is -1.28. The van der Waals surface area contributed by atoms with Gasteiger partial charge in [-0.3, -0.25) is 14.5 Å². The third kappa shape index (κ3) is 6.44. The third-order valence-electron chi connectivity index (χ3n) is 8.17. The molecule has 230 valence electrons. The Kier molecular flexibility index (Phi) is 8.33. The molecule has 0 spiro atoms. The molecule has 0 radical (unpaired) electrons. The molecule has 1 saturated heterocycles. The van der Waals surface area contributed by atoms with Crippen LogP contribution in [-0.2, 0) is 36.8 Å². The van der Waals surface area contributed by atoms with Crippen LogP contribution in [0.2, 0.25) is 0 Å². The molecule has 0 bridgehead atoms. The van der Waals surface area contributed by atoms with Crippen molar-refractivity contribution in [3.63, 3.8) is 0 Å². The van der Waals surface area contributed by atoms with E-state index in [2.05, 4.69) is 25.3 Å². The van der Waals surface area contributed by atoms with Crippen LogP contribution in [0, 0.1) is 11.6 Å². The number of pyridine rings is 2. The Balaban J connectivity index is 1.32. The first-order valence-corrected chi connectivity index (χ1v) is 14.7. The number of nitrogens with zero attached hydrogens (tertiary/aromatic N) is 5. The number of anilines is 1. The van der Waals surface area contributed by atoms with Crippen molar-refractivity contribution in [3.05, 3.63) is 94.7 Å². The zero-order valence-corrected chi connectivity index (χ0v) is 23.9. The first-order valence-electron chi connectivity index (χ1n) is 14.7. The predicted molar refractivity (Wildman–Crippen MR) is 154 cm³/mol. The zero-order valence-electron chi connectivity index (χ0n) is 23.9. The van der Waals surface area contributed by atoms with Gasteiger partial charge in [-0.15, -0.1) is 0 Å². The van der Waals surface area contributed by atoms with Gasteiger partial charge < -0.3 is 10.2 Å². The summed E-state index contributed by atoms with van der Waals surface area (Å²) in [5.41, 5.74) is 1.69. The lowest BCUT2D eigenvalue weighted by molar-refractivity contribution is -0.142. The Morgan fingerprint density at radius 1 is 0.955 bits per heavy atom. The van der Waals surface area contributed by atoms with E-state index >= 15 is 0 Å². The first kappa shape index (κ1) is 29.7. The summed E-state index contributed by atoms with van der Waals surface area (Å²) in [7, 11) is 0. The number of hydrogen-bond acceptors (Lipinski definition) is 5. The van der Waals surface area contributed by atoms with Crippen LogP contribution in [0.5, 0.6) is 0 Å². The van der Waals surface area contributed by atoms with Crippen LogP contribution < -0.4 is 10.2 Å². The maximum atomic E-state index is 14.1. The summed E-state index contributed by atoms with van der Waals surface area (Å²) in [5, 5.41) is 6.67. The number of fused-ring (bicyclic) bond motifs is 1. The van der Waals surface area contributed by atoms with Crippen molar-refractivity contribution in [1.29, 1.82) is 0 Å². The number of halogens is 5. The number of aromatic nitrogens is 4. The van der Waals surface area contributed by atoms with Crippen molar-refractivity contribution >= 4 is 11.7 Å². The molecule has 3 aromatic heterocycles. The van der Waals surface area contributed by atoms with Gasteiger partial charge in [-0.2, -0.15) is 18.3 Å². The average Bonchev–Trinajstić information content (AvgIpc) is 3.66. The minimum atomic E-state index is -4.63. The zero-order chi connectivity index (χ0) is 30.8. The molecule has 1 aliphatic heterocycles. The lowest BCUT2D eigenvalue weighted by Gasteiger charge is -2.22. The second-order valence-electron chi connectivity index (χ2n) is 11.3. The standard InChI is InChI=1S/C32H31F5N6O/c33-22-14-20(15-23(34)17-22)16-26(40-29(44)19-43-27-8-2-1-6-25(27)31(41-43)32(35,36)37)30-24(7-5-11-38-30)21-9-10-28(39-18-21)42-12-3-4-13-42/h5,7,9-11,14-15,17-18,26H,1-4,6,8,12-13,16,19H2,(H,40,44)/t26-/m0/s1. The molecule has 1 aliphatic carbocycles. The minimum Gasteiger partial charge on any atom is -0.357 e. The molecule has 7 nitrogen and oxygen atoms in total. The van der Waals surface area contributed by atoms with Crippen molar-refractivity contribution in [2.75, 3.05) is 18.0 Å². The van der Waals surface area contributed by atoms with Gasteiger partial charge in [-0.25, -0.2) is 13.8 Å². The Hall–Kier alpha value is -4.35. The van der Waals surface area contributed by atoms with Gasteiger partial charge >= 0.3 is 6.18 Å². The van der Waals surface area contributed by atoms with Gasteiger partial charge in [-0.05, 0) is 80.8 Å². The fraction of sp³-hybridized carbons (Fsp3) is 0.375. The molecule has 12 heteroatoms. The number of amides is 1. The van der Waals surface area contributed by atoms with E-state index in [1.807, 2.05) is 18.2 Å². The molecule has 1 fully saturated rings. The van der Waals surface area contributed by atoms with Crippen LogP contribution in [0.1, 0.15) is 59.9 Å². The molecule has 1 atom stereocenters. The van der Waals surface area contributed by atoms with Gasteiger partial charge in [-0.1, -0.05) is 6.07 Å². The highest BCUT2D eigenvalue weighted by atomic mass is 19.4. The second kappa shape index (κ2) is 12.3. The van der Waals surface area contributed by atoms with Gasteiger partial charge in [0, 0.05) is 53.9 Å². The lowest BCUT2D eigenvalue weighted by Crippen LogP contribution is -2.34. The summed E-state index contributed by atoms with van der Waals surface area (Å²) >= 11 is 0. The first-order chi connectivity index (χ1) is 21.2. The monoisotopic (exact) mass is 610 g/mol. The van der Waals surface area contributed by atoms with E-state index in [9.17, 15) is 26.7 Å². The molecule has 4 aromatic rings. The smallest absolute Gasteiger partial charge is 0.357 e. The van der Waals surface area contributed by atoms with Crippen molar-refractivity contribution in [3.8, 4) is 11.1 Å². The molecule has 6 rings (SSSR count). The SMILES string of the molecule is O=C(Cn1nc(C(F)(F)F)c2c1CCCC2)N[C@@H](Cc1cc(F)cc(F)c1)c1ncccc1-c1ccc(N2CCCC2)nc1. The van der Waals surface area contributed by atoms with Gasteiger partial charge in [0.15, 0.2) is 5.69 Å². The fourth-order valence-corrected chi connectivity index (χ4v) is 6.20. The van der Waals surface area contributed by atoms with Gasteiger partial charge in [0.05, 0.1) is 11.7 Å². The van der Waals surface area contributed by atoms with E-state index in [4.69, 9.17) is 0 Å². The highest BCUT2D eigenvalue weighted by Gasteiger charge is 2.39. The molecule has 0 saturated carbocycles. The number of benzene rings is 1. The molecular weight excluding hydrogens is 579 g/mol. The maximum Gasteiger partial charge on any atom is 0.435 e. The third-order valence-corrected chi connectivity index (χ3v) is 8.17. The quantitative estimate of drug-likeness (QED) is 0.240. The summed E-state index contributed by atoms with van der Waals surface area (Å²) in [4.78, 5) is 24.8. The number of nitrogens with one attached hydrogen (secondary N) is 1. The number of alkyl halides is 3. The van der Waals surface area contributed by atoms with E-state index in [0.29, 0.717) is 36.2 Å². The molecule has 0 unspecified atom stereocenters. The number of carbonyl (C=O) groups is 1. The van der Waals surface area contributed by atoms with Crippen LogP contribution in [-0.4, -0.2) is 38.7 Å². The van der Waals surface area contributed by atoms with Crippen LogP contribution >= 0.6 is 0 Å². The molecule has 1 aromatic carbocycles. The number of carbonyl (C=O) groups excluding carboxylic acids is 1. The normalized spacial score (nSPS) is 15.7. The van der Waals surface area contributed by atoms with E-state index < -0.39 is 42.0 Å². The van der Waals surface area contributed by atoms with E-state index in [1.165, 1.54) is 12.1 Å². The predicted octanol–water partition coefficient (Wildman–Crippen LogP) is 6.22. The lowest BCUT2D eigenvalue weighted by atomic mass is 9.95. The van der Waals surface area contributed by atoms with Crippen LogP contribution in [0.3, 0.4) is 0 Å². The Morgan fingerprint density at radius 2 is 1.70 bits per heavy atom. The highest BCUT2D eigenvalue weighted by Crippen LogP contribution is 2.36.